The van der Waals surface area contributed by atoms with Gasteiger partial charge in [-0.2, -0.15) is 5.10 Å². The van der Waals surface area contributed by atoms with E-state index in [0.717, 1.165) is 47.1 Å². The van der Waals surface area contributed by atoms with E-state index in [2.05, 4.69) is 15.1 Å². The zero-order valence-electron chi connectivity index (χ0n) is 12.4. The number of hydrogen-bond acceptors (Lipinski definition) is 5. The van der Waals surface area contributed by atoms with Crippen LogP contribution in [-0.2, 0) is 4.74 Å². The summed E-state index contributed by atoms with van der Waals surface area (Å²) in [7, 11) is 0. The Morgan fingerprint density at radius 2 is 2.04 bits per heavy atom. The summed E-state index contributed by atoms with van der Waals surface area (Å²) in [5.41, 5.74) is 1.52. The topological polar surface area (TPSA) is 52.8 Å². The van der Waals surface area contributed by atoms with Gasteiger partial charge in [0.25, 0.3) is 0 Å². The third-order valence-corrected chi connectivity index (χ3v) is 4.91. The van der Waals surface area contributed by atoms with E-state index in [0.29, 0.717) is 5.92 Å². The fourth-order valence-electron chi connectivity index (χ4n) is 2.48. The second-order valence-corrected chi connectivity index (χ2v) is 6.57. The maximum absolute atomic E-state index is 13.1. The number of hydrogen-bond donors (Lipinski definition) is 0. The summed E-state index contributed by atoms with van der Waals surface area (Å²) in [5.74, 6) is 1.42. The highest BCUT2D eigenvalue weighted by atomic mass is 32.2. The molecule has 7 heteroatoms. The molecule has 0 bridgehead atoms. The second kappa shape index (κ2) is 6.25. The number of ether oxygens (including phenoxy) is 1. The molecule has 3 heterocycles. The highest BCUT2D eigenvalue weighted by Crippen LogP contribution is 2.28. The Hall–Kier alpha value is -1.99. The Labute approximate surface area is 136 Å². The lowest BCUT2D eigenvalue weighted by atomic mass is 10.1. The van der Waals surface area contributed by atoms with E-state index < -0.39 is 0 Å². The molecule has 1 aliphatic rings. The normalized spacial score (nSPS) is 15.0. The summed E-state index contributed by atoms with van der Waals surface area (Å²) in [6.07, 6.45) is 4.45. The van der Waals surface area contributed by atoms with Gasteiger partial charge in [0.2, 0.25) is 0 Å². The van der Waals surface area contributed by atoms with E-state index >= 15 is 0 Å². The molecule has 0 amide bonds. The fourth-order valence-corrected chi connectivity index (χ4v) is 3.55. The molecule has 0 aliphatic carbocycles. The molecular formula is C16H15FN4OS. The van der Waals surface area contributed by atoms with Crippen LogP contribution in [0.25, 0.3) is 16.7 Å². The van der Waals surface area contributed by atoms with E-state index in [1.165, 1.54) is 12.1 Å². The molecule has 1 saturated heterocycles. The van der Waals surface area contributed by atoms with Gasteiger partial charge in [-0.1, -0.05) is 0 Å². The van der Waals surface area contributed by atoms with Crippen molar-refractivity contribution in [1.29, 1.82) is 0 Å². The average molecular weight is 330 g/mol. The van der Waals surface area contributed by atoms with Crippen LogP contribution in [-0.4, -0.2) is 38.7 Å². The highest BCUT2D eigenvalue weighted by molar-refractivity contribution is 7.99. The van der Waals surface area contributed by atoms with E-state index in [-0.39, 0.29) is 5.82 Å². The first kappa shape index (κ1) is 14.6. The number of fused-ring (bicyclic) bond motifs is 1. The predicted octanol–water partition coefficient (Wildman–Crippen LogP) is 3.08. The Morgan fingerprint density at radius 3 is 2.78 bits per heavy atom. The number of rotatable bonds is 5. The van der Waals surface area contributed by atoms with Gasteiger partial charge in [0.15, 0.2) is 5.65 Å². The predicted molar refractivity (Wildman–Crippen MR) is 86.3 cm³/mol. The summed E-state index contributed by atoms with van der Waals surface area (Å²) >= 11 is 1.72. The molecule has 118 valence electrons. The number of halogens is 1. The Morgan fingerprint density at radius 1 is 1.22 bits per heavy atom. The van der Waals surface area contributed by atoms with Gasteiger partial charge >= 0.3 is 0 Å². The first-order valence-corrected chi connectivity index (χ1v) is 8.45. The van der Waals surface area contributed by atoms with Crippen LogP contribution in [0.2, 0.25) is 0 Å². The molecule has 2 aromatic heterocycles. The lowest BCUT2D eigenvalue weighted by Crippen LogP contribution is -2.27. The molecule has 3 aromatic rings. The van der Waals surface area contributed by atoms with Crippen molar-refractivity contribution in [2.45, 2.75) is 11.4 Å². The molecule has 0 unspecified atom stereocenters. The van der Waals surface area contributed by atoms with Gasteiger partial charge in [-0.05, 0) is 36.4 Å². The zero-order chi connectivity index (χ0) is 15.6. The number of thioether (sulfide) groups is 1. The average Bonchev–Trinajstić information content (AvgIpc) is 2.95. The first-order valence-electron chi connectivity index (χ1n) is 7.46. The van der Waals surface area contributed by atoms with Gasteiger partial charge in [0.05, 0.1) is 30.5 Å². The second-order valence-electron chi connectivity index (χ2n) is 5.49. The van der Waals surface area contributed by atoms with Crippen LogP contribution < -0.4 is 0 Å². The molecule has 4 rings (SSSR count). The van der Waals surface area contributed by atoms with Crippen molar-refractivity contribution in [3.05, 3.63) is 42.6 Å². The lowest BCUT2D eigenvalue weighted by Gasteiger charge is -2.25. The van der Waals surface area contributed by atoms with Gasteiger partial charge < -0.3 is 4.74 Å². The van der Waals surface area contributed by atoms with Gasteiger partial charge in [-0.15, -0.1) is 11.8 Å². The van der Waals surface area contributed by atoms with Gasteiger partial charge in [-0.25, -0.2) is 19.0 Å². The van der Waals surface area contributed by atoms with Gasteiger partial charge in [-0.3, -0.25) is 0 Å². The molecular weight excluding hydrogens is 315 g/mol. The standard InChI is InChI=1S/C16H15FN4OS/c17-12-1-3-13(4-2-12)21-15-14(7-20-21)16(19-10-18-15)23-6-5-11-8-22-9-11/h1-4,7,10-11H,5-6,8-9H2. The third-order valence-electron chi connectivity index (χ3n) is 3.87. The maximum atomic E-state index is 13.1. The van der Waals surface area contributed by atoms with Crippen molar-refractivity contribution < 1.29 is 9.13 Å². The summed E-state index contributed by atoms with van der Waals surface area (Å²) in [5, 5.41) is 6.24. The first-order chi connectivity index (χ1) is 11.3. The molecule has 0 N–H and O–H groups in total. The molecule has 1 aliphatic heterocycles. The van der Waals surface area contributed by atoms with E-state index in [1.54, 1.807) is 41.1 Å². The number of nitrogens with zero attached hydrogens (tertiary/aromatic N) is 4. The van der Waals surface area contributed by atoms with Crippen molar-refractivity contribution >= 4 is 22.8 Å². The molecule has 0 saturated carbocycles. The van der Waals surface area contributed by atoms with Crippen LogP contribution in [0.4, 0.5) is 4.39 Å². The Bertz CT molecular complexity index is 817. The van der Waals surface area contributed by atoms with Crippen molar-refractivity contribution in [3.8, 4) is 5.69 Å². The van der Waals surface area contributed by atoms with E-state index in [9.17, 15) is 4.39 Å². The fraction of sp³-hybridized carbons (Fsp3) is 0.312. The maximum Gasteiger partial charge on any atom is 0.167 e. The SMILES string of the molecule is Fc1ccc(-n2ncc3c(SCCC4COC4)ncnc32)cc1. The minimum atomic E-state index is -0.268. The summed E-state index contributed by atoms with van der Waals surface area (Å²) < 4.78 is 20.0. The minimum Gasteiger partial charge on any atom is -0.381 e. The van der Waals surface area contributed by atoms with Crippen LogP contribution in [0.15, 0.2) is 41.8 Å². The molecule has 1 fully saturated rings. The number of aromatic nitrogens is 4. The molecule has 0 spiro atoms. The smallest absolute Gasteiger partial charge is 0.167 e. The van der Waals surface area contributed by atoms with E-state index in [4.69, 9.17) is 4.74 Å². The van der Waals surface area contributed by atoms with E-state index in [1.807, 2.05) is 0 Å². The lowest BCUT2D eigenvalue weighted by molar-refractivity contribution is -0.0326. The zero-order valence-corrected chi connectivity index (χ0v) is 13.2. The molecule has 0 radical (unpaired) electrons. The molecule has 1 aromatic carbocycles. The molecule has 0 atom stereocenters. The van der Waals surface area contributed by atoms with Crippen LogP contribution in [0, 0.1) is 11.7 Å². The van der Waals surface area contributed by atoms with Gasteiger partial charge in [0.1, 0.15) is 17.2 Å². The largest absolute Gasteiger partial charge is 0.381 e. The highest BCUT2D eigenvalue weighted by Gasteiger charge is 2.18. The summed E-state index contributed by atoms with van der Waals surface area (Å²) in [6, 6.07) is 6.21. The van der Waals surface area contributed by atoms with Crippen LogP contribution >= 0.6 is 11.8 Å². The van der Waals surface area contributed by atoms with Crippen LogP contribution in [0.3, 0.4) is 0 Å². The Kier molecular flexibility index (Phi) is 3.97. The molecule has 23 heavy (non-hydrogen) atoms. The van der Waals surface area contributed by atoms with Crippen molar-refractivity contribution in [1.82, 2.24) is 19.7 Å². The quantitative estimate of drug-likeness (QED) is 0.531. The third kappa shape index (κ3) is 2.94. The monoisotopic (exact) mass is 330 g/mol. The van der Waals surface area contributed by atoms with Crippen molar-refractivity contribution in [2.75, 3.05) is 19.0 Å². The Balaban J connectivity index is 1.59. The van der Waals surface area contributed by atoms with Gasteiger partial charge in [0, 0.05) is 5.92 Å². The van der Waals surface area contributed by atoms with Crippen molar-refractivity contribution in [3.63, 3.8) is 0 Å². The summed E-state index contributed by atoms with van der Waals surface area (Å²) in [4.78, 5) is 8.71. The molecule has 5 nitrogen and oxygen atoms in total. The summed E-state index contributed by atoms with van der Waals surface area (Å²) in [6.45, 7) is 1.75. The number of benzene rings is 1. The van der Waals surface area contributed by atoms with Crippen molar-refractivity contribution in [2.24, 2.45) is 5.92 Å². The van der Waals surface area contributed by atoms with Crippen LogP contribution in [0.1, 0.15) is 6.42 Å². The minimum absolute atomic E-state index is 0.268. The van der Waals surface area contributed by atoms with Crippen LogP contribution in [0.5, 0.6) is 0 Å².